The molecule has 1 saturated heterocycles. The smallest absolute Gasteiger partial charge is 0.305 e. The Bertz CT molecular complexity index is 1290. The number of rotatable bonds is 9. The number of carboxylic acids is 1. The van der Waals surface area contributed by atoms with Crippen molar-refractivity contribution in [2.75, 3.05) is 13.7 Å². The summed E-state index contributed by atoms with van der Waals surface area (Å²) in [6.07, 6.45) is -0.976. The van der Waals surface area contributed by atoms with Crippen molar-refractivity contribution in [3.8, 4) is 11.5 Å². The number of Topliss-reactive ketones (excluding diaryl/α,β-unsaturated/α-hetero) is 1. The molecule has 1 aromatic heterocycles. The maximum atomic E-state index is 13.2. The first kappa shape index (κ1) is 24.7. The number of aliphatic carboxylic acids is 1. The molecule has 11 nitrogen and oxygen atoms in total. The highest BCUT2D eigenvalue weighted by atomic mass is 16.5. The molecule has 1 fully saturated rings. The summed E-state index contributed by atoms with van der Waals surface area (Å²) in [7, 11) is 1.43. The molecule has 2 amide bonds. The minimum atomic E-state index is -1.46. The number of carboxylic acid groups (broad SMARTS) is 1. The van der Waals surface area contributed by atoms with Crippen molar-refractivity contribution in [3.63, 3.8) is 0 Å². The molecule has 1 aliphatic rings. The number of ether oxygens (including phenoxy) is 2. The van der Waals surface area contributed by atoms with Crippen molar-refractivity contribution in [2.24, 2.45) is 0 Å². The molecule has 0 aliphatic carbocycles. The normalized spacial score (nSPS) is 18.0. The van der Waals surface area contributed by atoms with E-state index < -0.39 is 42.3 Å². The molecule has 0 radical (unpaired) electrons. The summed E-state index contributed by atoms with van der Waals surface area (Å²) in [6, 6.07) is 11.5. The lowest BCUT2D eigenvalue weighted by atomic mass is 10.1. The Morgan fingerprint density at radius 1 is 1.17 bits per heavy atom. The molecule has 4 rings (SSSR count). The summed E-state index contributed by atoms with van der Waals surface area (Å²) >= 11 is 0. The van der Waals surface area contributed by atoms with E-state index in [9.17, 15) is 24.3 Å². The van der Waals surface area contributed by atoms with E-state index in [1.807, 2.05) is 6.07 Å². The van der Waals surface area contributed by atoms with Gasteiger partial charge in [-0.05, 0) is 24.3 Å². The summed E-state index contributed by atoms with van der Waals surface area (Å²) < 4.78 is 16.7. The van der Waals surface area contributed by atoms with Gasteiger partial charge >= 0.3 is 5.97 Å². The fraction of sp³-hybridized carbons (Fsp3) is 0.320. The molecule has 3 atom stereocenters. The maximum Gasteiger partial charge on any atom is 0.305 e. The number of carbonyl (C=O) groups is 4. The lowest BCUT2D eigenvalue weighted by Gasteiger charge is -2.24. The number of methoxy groups -OCH3 is 1. The van der Waals surface area contributed by atoms with E-state index in [-0.39, 0.29) is 30.3 Å². The van der Waals surface area contributed by atoms with Crippen LogP contribution >= 0.6 is 0 Å². The first-order valence-electron chi connectivity index (χ1n) is 11.3. The number of amides is 2. The van der Waals surface area contributed by atoms with Crippen molar-refractivity contribution in [3.05, 3.63) is 54.4 Å². The van der Waals surface area contributed by atoms with E-state index in [1.54, 1.807) is 42.5 Å². The second-order valence-corrected chi connectivity index (χ2v) is 8.33. The van der Waals surface area contributed by atoms with E-state index in [2.05, 4.69) is 10.3 Å². The standard InChI is InChI=1S/C25H25N3O8/c1-14(29)28-13-16(35-15-7-4-3-5-8-15)11-19(28)24(33)26-18(12-21(30)31)22(32)25-27-17-9-6-10-20(34-2)23(17)36-25/h3-10,16,18-19H,11-13H2,1-2H3,(H,26,33)(H,30,31)/t16-,18+,19?/m1/s1. The predicted molar refractivity (Wildman–Crippen MR) is 126 cm³/mol. The fourth-order valence-electron chi connectivity index (χ4n) is 4.16. The number of hydrogen-bond donors (Lipinski definition) is 2. The third-order valence-corrected chi connectivity index (χ3v) is 5.84. The molecule has 2 aromatic carbocycles. The fourth-order valence-corrected chi connectivity index (χ4v) is 4.16. The van der Waals surface area contributed by atoms with Crippen LogP contribution in [0, 0.1) is 0 Å². The number of oxazole rings is 1. The molecular weight excluding hydrogens is 470 g/mol. The van der Waals surface area contributed by atoms with Gasteiger partial charge in [0.1, 0.15) is 29.5 Å². The molecule has 36 heavy (non-hydrogen) atoms. The molecule has 2 N–H and O–H groups in total. The van der Waals surface area contributed by atoms with Crippen LogP contribution in [0.1, 0.15) is 30.5 Å². The van der Waals surface area contributed by atoms with Crippen LogP contribution < -0.4 is 14.8 Å². The lowest BCUT2D eigenvalue weighted by molar-refractivity contribution is -0.139. The first-order chi connectivity index (χ1) is 17.3. The average molecular weight is 495 g/mol. The molecule has 0 bridgehead atoms. The Balaban J connectivity index is 1.53. The summed E-state index contributed by atoms with van der Waals surface area (Å²) in [6.45, 7) is 1.50. The number of benzene rings is 2. The highest BCUT2D eigenvalue weighted by molar-refractivity contribution is 6.02. The van der Waals surface area contributed by atoms with Crippen molar-refractivity contribution < 1.29 is 38.2 Å². The zero-order chi connectivity index (χ0) is 25.8. The van der Waals surface area contributed by atoms with E-state index in [1.165, 1.54) is 18.9 Å². The molecular formula is C25H25N3O8. The van der Waals surface area contributed by atoms with Gasteiger partial charge in [0.2, 0.25) is 17.6 Å². The molecule has 188 valence electrons. The average Bonchev–Trinajstić information content (AvgIpc) is 3.48. The van der Waals surface area contributed by atoms with Crippen molar-refractivity contribution in [1.82, 2.24) is 15.2 Å². The summed E-state index contributed by atoms with van der Waals surface area (Å²) in [5.41, 5.74) is 0.570. The zero-order valence-electron chi connectivity index (χ0n) is 19.7. The maximum absolute atomic E-state index is 13.2. The van der Waals surface area contributed by atoms with Crippen LogP contribution in [0.3, 0.4) is 0 Å². The van der Waals surface area contributed by atoms with Gasteiger partial charge in [0, 0.05) is 13.3 Å². The Kier molecular flexibility index (Phi) is 7.18. The monoisotopic (exact) mass is 495 g/mol. The molecule has 0 spiro atoms. The van der Waals surface area contributed by atoms with E-state index in [0.717, 1.165) is 0 Å². The van der Waals surface area contributed by atoms with Gasteiger partial charge in [0.15, 0.2) is 11.3 Å². The summed E-state index contributed by atoms with van der Waals surface area (Å²) in [5, 5.41) is 11.8. The number of likely N-dealkylation sites (tertiary alicyclic amines) is 1. The van der Waals surface area contributed by atoms with Crippen LogP contribution in [0.4, 0.5) is 0 Å². The van der Waals surface area contributed by atoms with Crippen LogP contribution in [-0.4, -0.2) is 70.4 Å². The number of aromatic nitrogens is 1. The Hall–Kier alpha value is -4.41. The van der Waals surface area contributed by atoms with Crippen molar-refractivity contribution in [1.29, 1.82) is 0 Å². The molecule has 11 heteroatoms. The van der Waals surface area contributed by atoms with Gasteiger partial charge in [0.25, 0.3) is 5.89 Å². The van der Waals surface area contributed by atoms with Gasteiger partial charge < -0.3 is 29.2 Å². The third-order valence-electron chi connectivity index (χ3n) is 5.84. The number of para-hydroxylation sites is 2. The van der Waals surface area contributed by atoms with Crippen LogP contribution in [-0.2, 0) is 14.4 Å². The minimum Gasteiger partial charge on any atom is -0.493 e. The molecule has 2 heterocycles. The summed E-state index contributed by atoms with van der Waals surface area (Å²) in [5.74, 6) is -2.54. The van der Waals surface area contributed by atoms with E-state index >= 15 is 0 Å². The Morgan fingerprint density at radius 3 is 2.58 bits per heavy atom. The van der Waals surface area contributed by atoms with Crippen LogP contribution in [0.15, 0.2) is 52.9 Å². The van der Waals surface area contributed by atoms with Crippen LogP contribution in [0.2, 0.25) is 0 Å². The van der Waals surface area contributed by atoms with Gasteiger partial charge in [-0.3, -0.25) is 19.2 Å². The second kappa shape index (κ2) is 10.5. The van der Waals surface area contributed by atoms with E-state index in [0.29, 0.717) is 17.0 Å². The highest BCUT2D eigenvalue weighted by Crippen LogP contribution is 2.27. The number of nitrogens with one attached hydrogen (secondary N) is 1. The molecule has 0 saturated carbocycles. The number of carbonyl (C=O) groups excluding carboxylic acids is 3. The molecule has 3 aromatic rings. The highest BCUT2D eigenvalue weighted by Gasteiger charge is 2.41. The third kappa shape index (κ3) is 5.29. The Labute approximate surface area is 206 Å². The quantitative estimate of drug-likeness (QED) is 0.425. The van der Waals surface area contributed by atoms with E-state index in [4.69, 9.17) is 13.9 Å². The number of ketones is 1. The topological polar surface area (TPSA) is 148 Å². The van der Waals surface area contributed by atoms with Crippen LogP contribution in [0.25, 0.3) is 11.1 Å². The SMILES string of the molecule is COc1cccc2nc(C(=O)[C@H](CC(=O)O)NC(=O)C3C[C@@H](Oc4ccccc4)CN3C(C)=O)oc12. The van der Waals surface area contributed by atoms with Gasteiger partial charge in [-0.25, -0.2) is 4.98 Å². The van der Waals surface area contributed by atoms with Crippen molar-refractivity contribution in [2.45, 2.75) is 38.0 Å². The zero-order valence-corrected chi connectivity index (χ0v) is 19.7. The van der Waals surface area contributed by atoms with Gasteiger partial charge in [-0.2, -0.15) is 0 Å². The Morgan fingerprint density at radius 2 is 1.92 bits per heavy atom. The first-order valence-corrected chi connectivity index (χ1v) is 11.3. The largest absolute Gasteiger partial charge is 0.493 e. The van der Waals surface area contributed by atoms with Crippen molar-refractivity contribution >= 4 is 34.7 Å². The lowest BCUT2D eigenvalue weighted by Crippen LogP contribution is -2.51. The molecule has 1 aliphatic heterocycles. The van der Waals surface area contributed by atoms with Gasteiger partial charge in [0.05, 0.1) is 20.1 Å². The van der Waals surface area contributed by atoms with Gasteiger partial charge in [-0.1, -0.05) is 24.3 Å². The second-order valence-electron chi connectivity index (χ2n) is 8.33. The minimum absolute atomic E-state index is 0.171. The predicted octanol–water partition coefficient (Wildman–Crippen LogP) is 2.05. The summed E-state index contributed by atoms with van der Waals surface area (Å²) in [4.78, 5) is 55.5. The number of fused-ring (bicyclic) bond motifs is 1. The van der Waals surface area contributed by atoms with Crippen LogP contribution in [0.5, 0.6) is 11.5 Å². The van der Waals surface area contributed by atoms with Gasteiger partial charge in [-0.15, -0.1) is 0 Å². The number of nitrogens with zero attached hydrogens (tertiary/aromatic N) is 2. The molecule has 1 unspecified atom stereocenters. The number of hydrogen-bond acceptors (Lipinski definition) is 8.